The lowest BCUT2D eigenvalue weighted by Crippen LogP contribution is -2.57. The van der Waals surface area contributed by atoms with Gasteiger partial charge in [-0.05, 0) is 35.1 Å². The molecule has 1 aromatic rings. The molecule has 1 aromatic heterocycles. The largest absolute Gasteiger partial charge is 0.444 e. The Bertz CT molecular complexity index is 344. The van der Waals surface area contributed by atoms with Gasteiger partial charge in [0, 0.05) is 13.1 Å². The van der Waals surface area contributed by atoms with Crippen molar-refractivity contribution in [2.75, 3.05) is 20.1 Å². The molecule has 1 aliphatic heterocycles. The minimum atomic E-state index is -0.145. The Balaban J connectivity index is 1.90. The maximum atomic E-state index is 11.5. The van der Waals surface area contributed by atoms with E-state index in [2.05, 4.69) is 26.1 Å². The van der Waals surface area contributed by atoms with Crippen LogP contribution in [-0.2, 0) is 0 Å². The molecule has 0 aromatic carbocycles. The van der Waals surface area contributed by atoms with Gasteiger partial charge in [-0.3, -0.25) is 4.79 Å². The zero-order chi connectivity index (χ0) is 10.1. The van der Waals surface area contributed by atoms with E-state index in [4.69, 9.17) is 4.42 Å². The lowest BCUT2D eigenvalue weighted by Gasteiger charge is -2.36. The summed E-state index contributed by atoms with van der Waals surface area (Å²) in [5.74, 6) is 0.209. The van der Waals surface area contributed by atoms with Crippen molar-refractivity contribution >= 4 is 21.8 Å². The molecule has 76 valence electrons. The highest BCUT2D eigenvalue weighted by Gasteiger charge is 2.25. The highest BCUT2D eigenvalue weighted by Crippen LogP contribution is 2.14. The summed E-state index contributed by atoms with van der Waals surface area (Å²) in [6, 6.07) is 3.63. The van der Waals surface area contributed by atoms with Crippen LogP contribution in [-0.4, -0.2) is 37.0 Å². The maximum absolute atomic E-state index is 11.5. The normalized spacial score (nSPS) is 17.9. The highest BCUT2D eigenvalue weighted by atomic mass is 79.9. The average molecular weight is 259 g/mol. The summed E-state index contributed by atoms with van der Waals surface area (Å²) in [6.07, 6.45) is 0. The van der Waals surface area contributed by atoms with Gasteiger partial charge >= 0.3 is 0 Å². The highest BCUT2D eigenvalue weighted by molar-refractivity contribution is 9.10. The predicted octanol–water partition coefficient (Wildman–Crippen LogP) is 1.09. The van der Waals surface area contributed by atoms with Crippen molar-refractivity contribution < 1.29 is 9.21 Å². The predicted molar refractivity (Wildman–Crippen MR) is 55.2 cm³/mol. The van der Waals surface area contributed by atoms with Gasteiger partial charge in [-0.1, -0.05) is 0 Å². The molecule has 2 heterocycles. The lowest BCUT2D eigenvalue weighted by molar-refractivity contribution is 0.0829. The van der Waals surface area contributed by atoms with Gasteiger partial charge in [0.15, 0.2) is 10.4 Å². The van der Waals surface area contributed by atoms with E-state index in [0.29, 0.717) is 10.4 Å². The molecule has 0 unspecified atom stereocenters. The summed E-state index contributed by atoms with van der Waals surface area (Å²) in [5.41, 5.74) is 0. The number of halogens is 1. The van der Waals surface area contributed by atoms with E-state index < -0.39 is 0 Å². The van der Waals surface area contributed by atoms with E-state index >= 15 is 0 Å². The van der Waals surface area contributed by atoms with Crippen molar-refractivity contribution in [2.24, 2.45) is 0 Å². The van der Waals surface area contributed by atoms with Gasteiger partial charge in [-0.2, -0.15) is 0 Å². The molecule has 1 saturated heterocycles. The molecule has 1 N–H and O–H groups in total. The Morgan fingerprint density at radius 1 is 1.64 bits per heavy atom. The number of carbonyl (C=O) groups is 1. The number of hydrogen-bond donors (Lipinski definition) is 1. The van der Waals surface area contributed by atoms with Crippen LogP contribution in [0.1, 0.15) is 10.6 Å². The van der Waals surface area contributed by atoms with Gasteiger partial charge < -0.3 is 14.6 Å². The summed E-state index contributed by atoms with van der Waals surface area (Å²) in [6.45, 7) is 1.82. The monoisotopic (exact) mass is 258 g/mol. The van der Waals surface area contributed by atoms with Crippen molar-refractivity contribution in [3.63, 3.8) is 0 Å². The second kappa shape index (κ2) is 3.74. The fraction of sp³-hybridized carbons (Fsp3) is 0.444. The Labute approximate surface area is 90.4 Å². The van der Waals surface area contributed by atoms with Crippen LogP contribution in [0.25, 0.3) is 0 Å². The van der Waals surface area contributed by atoms with Crippen LogP contribution in [0.2, 0.25) is 0 Å². The molecule has 1 aliphatic rings. The van der Waals surface area contributed by atoms with E-state index in [1.165, 1.54) is 0 Å². The molecule has 0 bridgehead atoms. The van der Waals surface area contributed by atoms with Crippen LogP contribution in [0.4, 0.5) is 0 Å². The molecule has 4 nitrogen and oxygen atoms in total. The molecular formula is C9H11BrN2O2. The molecular weight excluding hydrogens is 248 g/mol. The fourth-order valence-corrected chi connectivity index (χ4v) is 1.79. The van der Waals surface area contributed by atoms with Crippen molar-refractivity contribution in [1.82, 2.24) is 10.2 Å². The Morgan fingerprint density at radius 3 is 2.86 bits per heavy atom. The van der Waals surface area contributed by atoms with Crippen LogP contribution in [0, 0.1) is 0 Å². The summed E-state index contributed by atoms with van der Waals surface area (Å²) < 4.78 is 5.71. The molecule has 2 rings (SSSR count). The minimum Gasteiger partial charge on any atom is -0.444 e. The summed E-state index contributed by atoms with van der Waals surface area (Å²) in [5, 5.41) is 2.88. The zero-order valence-electron chi connectivity index (χ0n) is 7.79. The van der Waals surface area contributed by atoms with Crippen molar-refractivity contribution in [1.29, 1.82) is 0 Å². The number of amides is 1. The topological polar surface area (TPSA) is 45.5 Å². The molecule has 0 aliphatic carbocycles. The number of carbonyl (C=O) groups excluding carboxylic acids is 1. The molecule has 5 heteroatoms. The molecule has 0 spiro atoms. The van der Waals surface area contributed by atoms with E-state index in [1.807, 2.05) is 7.05 Å². The van der Waals surface area contributed by atoms with Gasteiger partial charge in [0.25, 0.3) is 5.91 Å². The molecule has 0 saturated carbocycles. The van der Waals surface area contributed by atoms with Crippen LogP contribution in [0.3, 0.4) is 0 Å². The number of likely N-dealkylation sites (N-methyl/N-ethyl adjacent to an activating group) is 1. The molecule has 0 radical (unpaired) electrons. The zero-order valence-corrected chi connectivity index (χ0v) is 9.37. The first kappa shape index (κ1) is 9.73. The fourth-order valence-electron chi connectivity index (χ4n) is 1.48. The Hall–Kier alpha value is -0.810. The third kappa shape index (κ3) is 1.99. The smallest absolute Gasteiger partial charge is 0.287 e. The van der Waals surface area contributed by atoms with Gasteiger partial charge in [-0.15, -0.1) is 0 Å². The third-order valence-electron chi connectivity index (χ3n) is 2.20. The van der Waals surface area contributed by atoms with Crippen molar-refractivity contribution in [3.8, 4) is 0 Å². The van der Waals surface area contributed by atoms with Crippen LogP contribution >= 0.6 is 15.9 Å². The van der Waals surface area contributed by atoms with Gasteiger partial charge in [-0.25, -0.2) is 0 Å². The first-order valence-electron chi connectivity index (χ1n) is 4.40. The van der Waals surface area contributed by atoms with Crippen molar-refractivity contribution in [3.05, 3.63) is 22.6 Å². The molecule has 1 amide bonds. The Kier molecular flexibility index (Phi) is 2.60. The number of nitrogens with one attached hydrogen (secondary N) is 1. The molecule has 0 atom stereocenters. The minimum absolute atomic E-state index is 0.145. The van der Waals surface area contributed by atoms with E-state index in [-0.39, 0.29) is 11.9 Å². The number of rotatable bonds is 2. The number of furan rings is 1. The quantitative estimate of drug-likeness (QED) is 0.864. The maximum Gasteiger partial charge on any atom is 0.287 e. The Morgan fingerprint density at radius 2 is 2.36 bits per heavy atom. The summed E-state index contributed by atoms with van der Waals surface area (Å²) in [7, 11) is 2.02. The number of hydrogen-bond acceptors (Lipinski definition) is 3. The summed E-state index contributed by atoms with van der Waals surface area (Å²) in [4.78, 5) is 13.7. The van der Waals surface area contributed by atoms with Crippen LogP contribution in [0.5, 0.6) is 0 Å². The number of likely N-dealkylation sites (tertiary alicyclic amines) is 1. The SMILES string of the molecule is CN1CC(NC(=O)c2ccc(Br)o2)C1. The van der Waals surface area contributed by atoms with Gasteiger partial charge in [0.2, 0.25) is 0 Å². The van der Waals surface area contributed by atoms with E-state index in [0.717, 1.165) is 13.1 Å². The summed E-state index contributed by atoms with van der Waals surface area (Å²) >= 11 is 3.15. The first-order chi connectivity index (χ1) is 6.65. The van der Waals surface area contributed by atoms with Crippen LogP contribution < -0.4 is 5.32 Å². The first-order valence-corrected chi connectivity index (χ1v) is 5.19. The van der Waals surface area contributed by atoms with Gasteiger partial charge in [0.05, 0.1) is 6.04 Å². The van der Waals surface area contributed by atoms with Gasteiger partial charge in [0.1, 0.15) is 0 Å². The number of nitrogens with zero attached hydrogens (tertiary/aromatic N) is 1. The lowest BCUT2D eigenvalue weighted by atomic mass is 10.1. The second-order valence-electron chi connectivity index (χ2n) is 3.50. The second-order valence-corrected chi connectivity index (χ2v) is 4.28. The van der Waals surface area contributed by atoms with Crippen LogP contribution in [0.15, 0.2) is 21.2 Å². The average Bonchev–Trinajstić information content (AvgIpc) is 2.49. The van der Waals surface area contributed by atoms with E-state index in [1.54, 1.807) is 12.1 Å². The standard InChI is InChI=1S/C9H11BrN2O2/c1-12-4-6(5-12)11-9(13)7-2-3-8(10)14-7/h2-3,6H,4-5H2,1H3,(H,11,13). The molecule has 14 heavy (non-hydrogen) atoms. The molecule has 1 fully saturated rings. The van der Waals surface area contributed by atoms with E-state index in [9.17, 15) is 4.79 Å². The van der Waals surface area contributed by atoms with Crippen molar-refractivity contribution in [2.45, 2.75) is 6.04 Å². The third-order valence-corrected chi connectivity index (χ3v) is 2.62.